The van der Waals surface area contributed by atoms with Crippen molar-refractivity contribution in [3.63, 3.8) is 0 Å². The summed E-state index contributed by atoms with van der Waals surface area (Å²) in [5, 5.41) is 0. The van der Waals surface area contributed by atoms with Crippen molar-refractivity contribution in [3.05, 3.63) is 130 Å². The van der Waals surface area contributed by atoms with Gasteiger partial charge in [-0.25, -0.2) is 4.58 Å². The number of ether oxygens (including phenoxy) is 1. The van der Waals surface area contributed by atoms with Gasteiger partial charge in [-0.3, -0.25) is 12.9 Å². The van der Waals surface area contributed by atoms with E-state index >= 15 is 0 Å². The van der Waals surface area contributed by atoms with Crippen molar-refractivity contribution in [2.24, 2.45) is 0 Å². The van der Waals surface area contributed by atoms with Crippen molar-refractivity contribution in [3.8, 4) is 0 Å². The molecule has 0 aromatic heterocycles. The molecule has 0 saturated heterocycles. The third kappa shape index (κ3) is 7.05. The largest absolute Gasteiger partial charge is 1.00 e. The molecule has 0 saturated carbocycles. The lowest BCUT2D eigenvalue weighted by Gasteiger charge is -2.19. The predicted octanol–water partition coefficient (Wildman–Crippen LogP) is 5.58. The molecule has 0 amide bonds. The minimum atomic E-state index is -3.67. The third-order valence-electron chi connectivity index (χ3n) is 6.80. The van der Waals surface area contributed by atoms with Crippen LogP contribution >= 0.6 is 0 Å². The molecule has 5 rings (SSSR count). The smallest absolute Gasteiger partial charge is 0.762 e. The van der Waals surface area contributed by atoms with Crippen LogP contribution in [0.2, 0.25) is 0 Å². The first-order chi connectivity index (χ1) is 18.1. The number of rotatable bonds is 3. The lowest BCUT2D eigenvalue weighted by atomic mass is 9.96. The topological polar surface area (TPSA) is 12.2 Å². The molecule has 0 unspecified atom stereocenters. The monoisotopic (exact) mass is 531 g/mol. The highest BCUT2D eigenvalue weighted by Crippen LogP contribution is 2.34. The van der Waals surface area contributed by atoms with Crippen LogP contribution < -0.4 is 4.70 Å². The molecular weight excluding hydrogens is 501 g/mol. The number of hydrogen-bond acceptors (Lipinski definition) is 1. The van der Waals surface area contributed by atoms with Gasteiger partial charge in [0, 0.05) is 11.6 Å². The highest BCUT2D eigenvalue weighted by molar-refractivity contribution is 6.33. The molecule has 2 nitrogen and oxygen atoms in total. The summed E-state index contributed by atoms with van der Waals surface area (Å²) in [6, 6.07) is 21.6. The van der Waals surface area contributed by atoms with Gasteiger partial charge in [0.2, 0.25) is 5.69 Å². The van der Waals surface area contributed by atoms with Gasteiger partial charge >= 0.3 is 7.54 Å². The normalized spacial score (nSPS) is 15.7. The Morgan fingerprint density at radius 3 is 1.97 bits per heavy atom. The van der Waals surface area contributed by atoms with E-state index in [1.807, 2.05) is 0 Å². The van der Waals surface area contributed by atoms with Crippen LogP contribution in [0.25, 0.3) is 16.9 Å². The van der Waals surface area contributed by atoms with Crippen LogP contribution in [-0.4, -0.2) is 25.4 Å². The number of fused-ring (bicyclic) bond motifs is 1. The fourth-order valence-electron chi connectivity index (χ4n) is 4.41. The van der Waals surface area contributed by atoms with Gasteiger partial charge in [0.1, 0.15) is 18.6 Å². The van der Waals surface area contributed by atoms with Crippen LogP contribution in [0.15, 0.2) is 90.7 Å². The number of para-hydroxylation sites is 1. The number of hydrogen-bond donors (Lipinski definition) is 0. The minimum absolute atomic E-state index is 0. The first-order valence-electron chi connectivity index (χ1n) is 12.4. The average molecular weight is 531 g/mol. The number of halogens is 4. The zero-order valence-corrected chi connectivity index (χ0v) is 22.6. The zero-order valence-electron chi connectivity index (χ0n) is 22.6. The zero-order chi connectivity index (χ0) is 27.4. The molecule has 0 spiro atoms. The summed E-state index contributed by atoms with van der Waals surface area (Å²) in [5.74, 6) is 1.70. The highest BCUT2D eigenvalue weighted by Gasteiger charge is 2.22. The van der Waals surface area contributed by atoms with E-state index in [-0.39, 0.29) is 4.70 Å². The van der Waals surface area contributed by atoms with Gasteiger partial charge in [-0.2, -0.15) is 0 Å². The quantitative estimate of drug-likeness (QED) is 0.244. The van der Waals surface area contributed by atoms with Crippen LogP contribution in [0.4, 0.5) is 18.6 Å². The first kappa shape index (κ1) is 29.4. The van der Waals surface area contributed by atoms with E-state index in [1.54, 1.807) is 0 Å². The number of nitrogens with zero attached hydrogens (tertiary/aromatic N) is 1. The van der Waals surface area contributed by atoms with Crippen molar-refractivity contribution in [1.82, 2.24) is 0 Å². The van der Waals surface area contributed by atoms with E-state index < -0.39 is 7.54 Å². The molecule has 2 aliphatic rings. The van der Waals surface area contributed by atoms with Crippen LogP contribution in [0.3, 0.4) is 0 Å². The fourth-order valence-corrected chi connectivity index (χ4v) is 4.41. The van der Waals surface area contributed by atoms with Gasteiger partial charge in [0.05, 0.1) is 11.1 Å². The van der Waals surface area contributed by atoms with Gasteiger partial charge in [0.15, 0.2) is 6.21 Å². The van der Waals surface area contributed by atoms with E-state index in [0.717, 1.165) is 22.7 Å². The Kier molecular flexibility index (Phi) is 9.52. The van der Waals surface area contributed by atoms with Crippen LogP contribution in [0.5, 0.6) is 0 Å². The summed E-state index contributed by atoms with van der Waals surface area (Å²) in [6.07, 6.45) is 10.7. The molecule has 0 atom stereocenters. The van der Waals surface area contributed by atoms with Crippen molar-refractivity contribution >= 4 is 36.4 Å². The van der Waals surface area contributed by atoms with Crippen LogP contribution in [0, 0.1) is 27.7 Å². The van der Waals surface area contributed by atoms with Gasteiger partial charge in [-0.1, -0.05) is 42.5 Å². The minimum Gasteiger partial charge on any atom is -1.00 e. The third-order valence-corrected chi connectivity index (χ3v) is 6.80. The SMILES string of the molecule is Cc1ccc(C2=CC(=CC=C3C=[N+](C)c4ccccc43)OC(c3ccc(C)c(C)c3)=C2)cc1C.FB(F)F.[F-]. The van der Waals surface area contributed by atoms with Gasteiger partial charge in [-0.05, 0) is 97.5 Å². The molecule has 3 aromatic rings. The molecule has 7 heteroatoms. The maximum Gasteiger partial charge on any atom is 0.762 e. The van der Waals surface area contributed by atoms with Crippen molar-refractivity contribution in [2.45, 2.75) is 27.7 Å². The number of benzene rings is 3. The molecule has 0 aliphatic carbocycles. The summed E-state index contributed by atoms with van der Waals surface area (Å²) in [7, 11) is -1.58. The maximum atomic E-state index is 9.67. The van der Waals surface area contributed by atoms with E-state index in [0.29, 0.717) is 0 Å². The average Bonchev–Trinajstić information content (AvgIpc) is 3.21. The number of aryl methyl sites for hydroxylation is 4. The first-order valence-corrected chi connectivity index (χ1v) is 12.4. The van der Waals surface area contributed by atoms with Crippen LogP contribution in [0.1, 0.15) is 38.9 Å². The Balaban J connectivity index is 0.000000788. The van der Waals surface area contributed by atoms with Crippen molar-refractivity contribution < 1.29 is 27.0 Å². The Labute approximate surface area is 227 Å². The Hall–Kier alpha value is -4.13. The summed E-state index contributed by atoms with van der Waals surface area (Å²) in [6.45, 7) is 8.60. The molecule has 39 heavy (non-hydrogen) atoms. The second-order valence-electron chi connectivity index (χ2n) is 9.50. The fraction of sp³-hybridized carbons (Fsp3) is 0.156. The highest BCUT2D eigenvalue weighted by atomic mass is 19.4. The Morgan fingerprint density at radius 2 is 1.33 bits per heavy atom. The Bertz CT molecular complexity index is 1530. The van der Waals surface area contributed by atoms with E-state index in [1.165, 1.54) is 44.6 Å². The molecule has 2 heterocycles. The lowest BCUT2D eigenvalue weighted by molar-refractivity contribution is -0.395. The molecule has 200 valence electrons. The molecular formula is C32H30BF4NO. The molecule has 0 bridgehead atoms. The van der Waals surface area contributed by atoms with Crippen LogP contribution in [-0.2, 0) is 4.74 Å². The standard InChI is InChI=1S/C32H30NO.BF3.FH/c1-21-10-12-25(16-23(21)3)28-18-29(34-32(19-28)26-13-11-22(2)24(4)17-26)15-14-27-20-33(5)31-9-7-6-8-30(27)31;2-1(3)4;/h6-20H,1-5H3;;1H/q+1;;/p-1. The molecule has 2 aliphatic heterocycles. The van der Waals surface area contributed by atoms with Crippen molar-refractivity contribution in [2.75, 3.05) is 7.05 Å². The van der Waals surface area contributed by atoms with Gasteiger partial charge < -0.3 is 9.44 Å². The summed E-state index contributed by atoms with van der Waals surface area (Å²) in [5.41, 5.74) is 12.2. The second kappa shape index (κ2) is 12.6. The summed E-state index contributed by atoms with van der Waals surface area (Å²) in [4.78, 5) is 0. The predicted molar refractivity (Wildman–Crippen MR) is 152 cm³/mol. The van der Waals surface area contributed by atoms with Gasteiger partial charge in [0.25, 0.3) is 0 Å². The van der Waals surface area contributed by atoms with E-state index in [4.69, 9.17) is 4.74 Å². The molecule has 0 radical (unpaired) electrons. The Morgan fingerprint density at radius 1 is 0.744 bits per heavy atom. The van der Waals surface area contributed by atoms with E-state index in [9.17, 15) is 12.9 Å². The van der Waals surface area contributed by atoms with Crippen molar-refractivity contribution in [1.29, 1.82) is 0 Å². The molecule has 0 N–H and O–H groups in total. The molecule has 3 aromatic carbocycles. The van der Waals surface area contributed by atoms with E-state index in [2.05, 4.69) is 131 Å². The maximum absolute atomic E-state index is 9.67. The van der Waals surface area contributed by atoms with Gasteiger partial charge in [-0.15, -0.1) is 0 Å². The summed E-state index contributed by atoms with van der Waals surface area (Å²) < 4.78 is 37.6. The lowest BCUT2D eigenvalue weighted by Crippen LogP contribution is -3.00. The molecule has 0 fully saturated rings. The summed E-state index contributed by atoms with van der Waals surface area (Å²) >= 11 is 0. The second-order valence-corrected chi connectivity index (χ2v) is 9.50. The number of allylic oxidation sites excluding steroid dienone is 6.